The monoisotopic (exact) mass is 417 g/mol. The van der Waals surface area contributed by atoms with Crippen LogP contribution in [0.25, 0.3) is 0 Å². The van der Waals surface area contributed by atoms with Gasteiger partial charge in [-0.2, -0.15) is 0 Å². The average Bonchev–Trinajstić information content (AvgIpc) is 2.86. The molecule has 9 heteroatoms. The third kappa shape index (κ3) is 5.43. The summed E-state index contributed by atoms with van der Waals surface area (Å²) < 4.78 is 5.15. The zero-order valence-electron chi connectivity index (χ0n) is 17.8. The highest BCUT2D eigenvalue weighted by molar-refractivity contribution is 6.06. The van der Waals surface area contributed by atoms with Crippen molar-refractivity contribution >= 4 is 35.3 Å². The van der Waals surface area contributed by atoms with Gasteiger partial charge >= 0.3 is 12.0 Å². The van der Waals surface area contributed by atoms with E-state index in [9.17, 15) is 24.0 Å². The smallest absolute Gasteiger partial charge is 0.325 e. The van der Waals surface area contributed by atoms with Gasteiger partial charge in [0.1, 0.15) is 5.54 Å². The van der Waals surface area contributed by atoms with E-state index in [1.54, 1.807) is 39.8 Å². The molecule has 1 aromatic carbocycles. The van der Waals surface area contributed by atoms with Gasteiger partial charge in [-0.15, -0.1) is 0 Å². The van der Waals surface area contributed by atoms with Crippen LogP contribution in [0.15, 0.2) is 24.3 Å². The second-order valence-electron chi connectivity index (χ2n) is 7.98. The molecule has 1 aromatic rings. The number of ether oxygens (including phenoxy) is 1. The summed E-state index contributed by atoms with van der Waals surface area (Å²) in [5.41, 5.74) is -0.120. The normalized spacial score (nSPS) is 16.3. The summed E-state index contributed by atoms with van der Waals surface area (Å²) in [6, 6.07) is 5.71. The first-order chi connectivity index (χ1) is 13.9. The second kappa shape index (κ2) is 9.06. The molecule has 0 aliphatic carbocycles. The molecule has 9 nitrogen and oxygen atoms in total. The number of ketones is 1. The molecule has 0 unspecified atom stereocenters. The Bertz CT molecular complexity index is 860. The van der Waals surface area contributed by atoms with Gasteiger partial charge in [-0.05, 0) is 45.0 Å². The molecule has 1 aliphatic rings. The van der Waals surface area contributed by atoms with E-state index in [0.29, 0.717) is 11.3 Å². The number of carbonyl (C=O) groups excluding carboxylic acids is 5. The van der Waals surface area contributed by atoms with Gasteiger partial charge < -0.3 is 15.4 Å². The van der Waals surface area contributed by atoms with Crippen molar-refractivity contribution in [1.82, 2.24) is 10.2 Å². The lowest BCUT2D eigenvalue weighted by atomic mass is 10.1. The molecule has 162 valence electrons. The summed E-state index contributed by atoms with van der Waals surface area (Å²) in [6.45, 7) is 8.02. The molecule has 0 bridgehead atoms. The zero-order valence-corrected chi connectivity index (χ0v) is 17.8. The Morgan fingerprint density at radius 1 is 1.10 bits per heavy atom. The van der Waals surface area contributed by atoms with Crippen molar-refractivity contribution in [2.75, 3.05) is 11.9 Å². The average molecular weight is 417 g/mol. The molecule has 1 saturated heterocycles. The molecular formula is C21H27N3O6. The number of esters is 1. The van der Waals surface area contributed by atoms with Crippen molar-refractivity contribution in [3.8, 4) is 0 Å². The minimum Gasteiger partial charge on any atom is -0.454 e. The van der Waals surface area contributed by atoms with E-state index in [0.717, 1.165) is 4.90 Å². The number of hydrogen-bond acceptors (Lipinski definition) is 6. The Hall–Kier alpha value is -3.23. The molecule has 1 heterocycles. The van der Waals surface area contributed by atoms with Gasteiger partial charge in [-0.1, -0.05) is 13.8 Å². The fourth-order valence-electron chi connectivity index (χ4n) is 2.77. The summed E-state index contributed by atoms with van der Waals surface area (Å²) in [5, 5.41) is 5.25. The van der Waals surface area contributed by atoms with E-state index in [4.69, 9.17) is 4.74 Å². The van der Waals surface area contributed by atoms with Gasteiger partial charge in [0.05, 0.1) is 6.42 Å². The standard InChI is InChI=1S/C21H27N3O6/c1-12(2)18(27)22-15-8-6-14(7-9-15)17(26)13(3)30-16(25)10-11-24-19(28)21(4,5)23-20(24)29/h6-9,12-13H,10-11H2,1-5H3,(H,22,27)(H,23,29)/t13-/m1/s1. The van der Waals surface area contributed by atoms with Gasteiger partial charge in [0, 0.05) is 23.7 Å². The van der Waals surface area contributed by atoms with Gasteiger partial charge in [-0.3, -0.25) is 24.1 Å². The number of urea groups is 1. The van der Waals surface area contributed by atoms with Crippen LogP contribution >= 0.6 is 0 Å². The summed E-state index contributed by atoms with van der Waals surface area (Å²) in [6.07, 6.45) is -1.25. The number of carbonyl (C=O) groups is 5. The second-order valence-corrected chi connectivity index (χ2v) is 7.98. The quantitative estimate of drug-likeness (QED) is 0.380. The molecule has 1 fully saturated rings. The summed E-state index contributed by atoms with van der Waals surface area (Å²) in [5.74, 6) is -1.82. The van der Waals surface area contributed by atoms with E-state index < -0.39 is 35.3 Å². The Kier molecular flexibility index (Phi) is 6.96. The van der Waals surface area contributed by atoms with Crippen LogP contribution in [0, 0.1) is 5.92 Å². The number of anilines is 1. The number of hydrogen-bond donors (Lipinski definition) is 2. The Labute approximate surface area is 175 Å². The van der Waals surface area contributed by atoms with Crippen molar-refractivity contribution in [1.29, 1.82) is 0 Å². The topological polar surface area (TPSA) is 122 Å². The van der Waals surface area contributed by atoms with E-state index in [2.05, 4.69) is 10.6 Å². The van der Waals surface area contributed by atoms with Gasteiger partial charge in [0.15, 0.2) is 6.10 Å². The van der Waals surface area contributed by atoms with Crippen LogP contribution in [0.1, 0.15) is 51.4 Å². The van der Waals surface area contributed by atoms with Crippen LogP contribution < -0.4 is 10.6 Å². The van der Waals surface area contributed by atoms with Crippen LogP contribution in [0.3, 0.4) is 0 Å². The van der Waals surface area contributed by atoms with E-state index >= 15 is 0 Å². The molecule has 1 atom stereocenters. The number of Topliss-reactive ketones (excluding diaryl/α,β-unsaturated/α-hetero) is 1. The van der Waals surface area contributed by atoms with Crippen molar-refractivity contribution in [2.45, 2.75) is 52.7 Å². The number of imide groups is 1. The van der Waals surface area contributed by atoms with Crippen LogP contribution in [0.5, 0.6) is 0 Å². The van der Waals surface area contributed by atoms with Crippen LogP contribution in [-0.4, -0.2) is 52.7 Å². The number of rotatable bonds is 8. The molecule has 0 aromatic heterocycles. The largest absolute Gasteiger partial charge is 0.454 e. The van der Waals surface area contributed by atoms with Gasteiger partial charge in [-0.25, -0.2) is 4.79 Å². The molecule has 2 rings (SSSR count). The Morgan fingerprint density at radius 3 is 2.20 bits per heavy atom. The highest BCUT2D eigenvalue weighted by Gasteiger charge is 2.44. The molecule has 0 radical (unpaired) electrons. The molecule has 4 amide bonds. The fourth-order valence-corrected chi connectivity index (χ4v) is 2.77. The molecular weight excluding hydrogens is 390 g/mol. The zero-order chi connectivity index (χ0) is 22.6. The molecule has 30 heavy (non-hydrogen) atoms. The fraction of sp³-hybridized carbons (Fsp3) is 0.476. The summed E-state index contributed by atoms with van der Waals surface area (Å²) in [4.78, 5) is 61.1. The van der Waals surface area contributed by atoms with E-state index in [-0.39, 0.29) is 24.8 Å². The third-order valence-electron chi connectivity index (χ3n) is 4.62. The maximum Gasteiger partial charge on any atom is 0.325 e. The number of amides is 4. The lowest BCUT2D eigenvalue weighted by Gasteiger charge is -2.16. The van der Waals surface area contributed by atoms with Crippen molar-refractivity contribution < 1.29 is 28.7 Å². The maximum absolute atomic E-state index is 12.5. The van der Waals surface area contributed by atoms with Crippen molar-refractivity contribution in [2.24, 2.45) is 5.92 Å². The SMILES string of the molecule is CC(C)C(=O)Nc1ccc(C(=O)[C@@H](C)OC(=O)CCN2C(=O)NC(C)(C)C2=O)cc1. The van der Waals surface area contributed by atoms with Gasteiger partial charge in [0.2, 0.25) is 11.7 Å². The summed E-state index contributed by atoms with van der Waals surface area (Å²) in [7, 11) is 0. The minimum atomic E-state index is -1.03. The first-order valence-corrected chi connectivity index (χ1v) is 9.71. The first-order valence-electron chi connectivity index (χ1n) is 9.71. The van der Waals surface area contributed by atoms with Crippen LogP contribution in [0.2, 0.25) is 0 Å². The van der Waals surface area contributed by atoms with E-state index in [1.165, 1.54) is 19.1 Å². The third-order valence-corrected chi connectivity index (χ3v) is 4.62. The number of nitrogens with one attached hydrogen (secondary N) is 2. The van der Waals surface area contributed by atoms with Crippen LogP contribution in [-0.2, 0) is 19.1 Å². The molecule has 2 N–H and O–H groups in total. The molecule has 1 aliphatic heterocycles. The van der Waals surface area contributed by atoms with Gasteiger partial charge in [0.25, 0.3) is 5.91 Å². The Morgan fingerprint density at radius 2 is 1.70 bits per heavy atom. The minimum absolute atomic E-state index is 0.127. The highest BCUT2D eigenvalue weighted by Crippen LogP contribution is 2.17. The molecule has 0 spiro atoms. The van der Waals surface area contributed by atoms with Crippen molar-refractivity contribution in [3.05, 3.63) is 29.8 Å². The first kappa shape index (κ1) is 23.1. The lowest BCUT2D eigenvalue weighted by Crippen LogP contribution is -2.40. The van der Waals surface area contributed by atoms with E-state index in [1.807, 2.05) is 0 Å². The lowest BCUT2D eigenvalue weighted by molar-refractivity contribution is -0.146. The maximum atomic E-state index is 12.5. The number of benzene rings is 1. The highest BCUT2D eigenvalue weighted by atomic mass is 16.5. The predicted molar refractivity (Wildman–Crippen MR) is 109 cm³/mol. The molecule has 0 saturated carbocycles. The summed E-state index contributed by atoms with van der Waals surface area (Å²) >= 11 is 0. The van der Waals surface area contributed by atoms with Crippen LogP contribution in [0.4, 0.5) is 10.5 Å². The predicted octanol–water partition coefficient (Wildman–Crippen LogP) is 2.12. The number of nitrogens with zero attached hydrogens (tertiary/aromatic N) is 1. The Balaban J connectivity index is 1.88. The van der Waals surface area contributed by atoms with Crippen molar-refractivity contribution in [3.63, 3.8) is 0 Å².